The molecule has 4 rings (SSSR count). The predicted octanol–water partition coefficient (Wildman–Crippen LogP) is 6.67. The zero-order valence-electron chi connectivity index (χ0n) is 19.1. The third-order valence-corrected chi connectivity index (χ3v) is 7.05. The number of allylic oxidation sites excluding steroid dienone is 3. The van der Waals surface area contributed by atoms with Gasteiger partial charge in [0.1, 0.15) is 12.4 Å². The summed E-state index contributed by atoms with van der Waals surface area (Å²) >= 11 is 1.49. The first-order chi connectivity index (χ1) is 16.7. The lowest BCUT2D eigenvalue weighted by Crippen LogP contribution is -2.04. The highest BCUT2D eigenvalue weighted by atomic mass is 32.2. The van der Waals surface area contributed by atoms with Crippen LogP contribution in [0.3, 0.4) is 0 Å². The average molecular weight is 472 g/mol. The number of pyridine rings is 1. The predicted molar refractivity (Wildman–Crippen MR) is 139 cm³/mol. The van der Waals surface area contributed by atoms with Crippen molar-refractivity contribution < 1.29 is 14.6 Å². The van der Waals surface area contributed by atoms with Gasteiger partial charge in [-0.3, -0.25) is 9.78 Å². The number of carboxylic acids is 1. The lowest BCUT2D eigenvalue weighted by atomic mass is 10.0. The van der Waals surface area contributed by atoms with E-state index in [4.69, 9.17) is 9.72 Å². The normalized spacial score (nSPS) is 13.2. The zero-order valence-corrected chi connectivity index (χ0v) is 19.9. The van der Waals surface area contributed by atoms with E-state index in [-0.39, 0.29) is 11.0 Å². The number of thioether (sulfide) groups is 1. The standard InChI is InChI=1S/C29H29NO3S/c31-29(32)21-34-28(13-7-10-22-8-3-1-4-9-22)24-15-18-26(19-16-24)33-20-25-17-14-23-11-5-2-6-12-27(23)30-25/h1-6,8-9,11,14-19,28H,7,10,12-13,20-21H2,(H,31,32). The van der Waals surface area contributed by atoms with Gasteiger partial charge in [0, 0.05) is 11.7 Å². The van der Waals surface area contributed by atoms with Crippen molar-refractivity contribution in [3.05, 3.63) is 113 Å². The fourth-order valence-electron chi connectivity index (χ4n) is 3.96. The molecule has 0 saturated carbocycles. The largest absolute Gasteiger partial charge is 0.487 e. The van der Waals surface area contributed by atoms with Crippen molar-refractivity contribution in [3.8, 4) is 5.75 Å². The van der Waals surface area contributed by atoms with E-state index in [2.05, 4.69) is 54.6 Å². The average Bonchev–Trinajstić information content (AvgIpc) is 3.11. The molecule has 1 aromatic heterocycles. The molecule has 1 aliphatic rings. The first-order valence-corrected chi connectivity index (χ1v) is 12.6. The highest BCUT2D eigenvalue weighted by Crippen LogP contribution is 2.34. The molecule has 0 amide bonds. The minimum absolute atomic E-state index is 0.0998. The van der Waals surface area contributed by atoms with Gasteiger partial charge in [0.15, 0.2) is 0 Å². The maximum atomic E-state index is 11.2. The quantitative estimate of drug-likeness (QED) is 0.338. The molecule has 1 atom stereocenters. The molecule has 0 aliphatic heterocycles. The van der Waals surface area contributed by atoms with E-state index in [1.165, 1.54) is 17.3 Å². The summed E-state index contributed by atoms with van der Waals surface area (Å²) in [5, 5.41) is 9.31. The first-order valence-electron chi connectivity index (χ1n) is 11.6. The smallest absolute Gasteiger partial charge is 0.313 e. The van der Waals surface area contributed by atoms with Crippen molar-refractivity contribution in [1.29, 1.82) is 0 Å². The third-order valence-electron chi connectivity index (χ3n) is 5.72. The molecule has 4 nitrogen and oxygen atoms in total. The summed E-state index contributed by atoms with van der Waals surface area (Å²) in [4.78, 5) is 15.9. The number of fused-ring (bicyclic) bond motifs is 1. The summed E-state index contributed by atoms with van der Waals surface area (Å²) in [7, 11) is 0. The van der Waals surface area contributed by atoms with Crippen molar-refractivity contribution in [2.75, 3.05) is 5.75 Å². The van der Waals surface area contributed by atoms with Gasteiger partial charge in [0.05, 0.1) is 17.1 Å². The van der Waals surface area contributed by atoms with Gasteiger partial charge < -0.3 is 9.84 Å². The Bertz CT molecular complexity index is 1140. The van der Waals surface area contributed by atoms with Crippen LogP contribution in [0.1, 0.15) is 46.2 Å². The van der Waals surface area contributed by atoms with Crippen LogP contribution in [-0.2, 0) is 24.2 Å². The van der Waals surface area contributed by atoms with Gasteiger partial charge in [-0.15, -0.1) is 11.8 Å². The number of carboxylic acid groups (broad SMARTS) is 1. The number of aliphatic carboxylic acids is 1. The lowest BCUT2D eigenvalue weighted by molar-refractivity contribution is -0.133. The molecule has 0 radical (unpaired) electrons. The molecule has 1 heterocycles. The van der Waals surface area contributed by atoms with Gasteiger partial charge in [0.25, 0.3) is 0 Å². The molecule has 0 spiro atoms. The van der Waals surface area contributed by atoms with E-state index < -0.39 is 5.97 Å². The molecule has 1 aliphatic carbocycles. The molecule has 34 heavy (non-hydrogen) atoms. The van der Waals surface area contributed by atoms with Crippen molar-refractivity contribution in [2.45, 2.75) is 37.5 Å². The Balaban J connectivity index is 1.35. The highest BCUT2D eigenvalue weighted by molar-refractivity contribution is 8.00. The Kier molecular flexibility index (Phi) is 8.58. The van der Waals surface area contributed by atoms with Crippen molar-refractivity contribution in [1.82, 2.24) is 4.98 Å². The van der Waals surface area contributed by atoms with E-state index in [1.807, 2.05) is 36.4 Å². The maximum Gasteiger partial charge on any atom is 0.313 e. The van der Waals surface area contributed by atoms with Crippen LogP contribution in [0.25, 0.3) is 6.08 Å². The van der Waals surface area contributed by atoms with Crippen LogP contribution in [0.15, 0.2) is 85.0 Å². The van der Waals surface area contributed by atoms with Crippen LogP contribution in [0.4, 0.5) is 0 Å². The fourth-order valence-corrected chi connectivity index (χ4v) is 4.99. The second-order valence-corrected chi connectivity index (χ2v) is 9.45. The third kappa shape index (κ3) is 7.09. The van der Waals surface area contributed by atoms with Crippen molar-refractivity contribution in [2.24, 2.45) is 0 Å². The fraction of sp³-hybridized carbons (Fsp3) is 0.241. The van der Waals surface area contributed by atoms with Crippen LogP contribution in [0.2, 0.25) is 0 Å². The summed E-state index contributed by atoms with van der Waals surface area (Å²) in [6.45, 7) is 0.411. The Morgan fingerprint density at radius 3 is 2.65 bits per heavy atom. The number of aromatic nitrogens is 1. The molecule has 3 aromatic rings. The summed E-state index contributed by atoms with van der Waals surface area (Å²) in [5.74, 6) is 0.103. The number of nitrogens with zero attached hydrogens (tertiary/aromatic N) is 1. The van der Waals surface area contributed by atoms with Crippen LogP contribution in [0.5, 0.6) is 5.75 Å². The van der Waals surface area contributed by atoms with Crippen LogP contribution in [0, 0.1) is 0 Å². The molecule has 1 N–H and O–H groups in total. The summed E-state index contributed by atoms with van der Waals surface area (Å²) in [6, 6.07) is 22.5. The maximum absolute atomic E-state index is 11.2. The van der Waals surface area contributed by atoms with E-state index in [0.717, 1.165) is 53.9 Å². The van der Waals surface area contributed by atoms with Crippen LogP contribution in [-0.4, -0.2) is 21.8 Å². The molecule has 0 bridgehead atoms. The van der Waals surface area contributed by atoms with E-state index in [9.17, 15) is 9.90 Å². The minimum Gasteiger partial charge on any atom is -0.487 e. The van der Waals surface area contributed by atoms with Gasteiger partial charge in [0.2, 0.25) is 0 Å². The molecule has 174 valence electrons. The molecular formula is C29H29NO3S. The Morgan fingerprint density at radius 2 is 1.85 bits per heavy atom. The number of benzene rings is 2. The minimum atomic E-state index is -0.780. The first kappa shape index (κ1) is 23.8. The number of carbonyl (C=O) groups is 1. The molecular weight excluding hydrogens is 442 g/mol. The van der Waals surface area contributed by atoms with Gasteiger partial charge in [-0.1, -0.05) is 72.8 Å². The molecule has 2 aromatic carbocycles. The summed E-state index contributed by atoms with van der Waals surface area (Å²) in [6.07, 6.45) is 12.0. The molecule has 0 fully saturated rings. The molecule has 5 heteroatoms. The van der Waals surface area contributed by atoms with Gasteiger partial charge in [-0.25, -0.2) is 0 Å². The van der Waals surface area contributed by atoms with Crippen molar-refractivity contribution >= 4 is 23.8 Å². The van der Waals surface area contributed by atoms with Gasteiger partial charge >= 0.3 is 5.97 Å². The molecule has 1 unspecified atom stereocenters. The SMILES string of the molecule is O=C(O)CSC(CCCc1ccccc1)c1ccc(OCc2ccc3c(n2)CC=CC=C3)cc1. The van der Waals surface area contributed by atoms with E-state index in [1.54, 1.807) is 0 Å². The van der Waals surface area contributed by atoms with E-state index >= 15 is 0 Å². The zero-order chi connectivity index (χ0) is 23.6. The summed E-state index contributed by atoms with van der Waals surface area (Å²) in [5.41, 5.74) is 5.56. The highest BCUT2D eigenvalue weighted by Gasteiger charge is 2.14. The second kappa shape index (κ2) is 12.2. The second-order valence-electron chi connectivity index (χ2n) is 8.26. The van der Waals surface area contributed by atoms with E-state index in [0.29, 0.717) is 6.61 Å². The van der Waals surface area contributed by atoms with Gasteiger partial charge in [-0.05, 0) is 54.2 Å². The number of rotatable bonds is 11. The summed E-state index contributed by atoms with van der Waals surface area (Å²) < 4.78 is 5.99. The Morgan fingerprint density at radius 1 is 1.03 bits per heavy atom. The number of aryl methyl sites for hydroxylation is 1. The lowest BCUT2D eigenvalue weighted by Gasteiger charge is -2.17. The number of hydrogen-bond donors (Lipinski definition) is 1. The number of ether oxygens (including phenoxy) is 1. The Labute approximate surface area is 205 Å². The van der Waals surface area contributed by atoms with Crippen molar-refractivity contribution in [3.63, 3.8) is 0 Å². The van der Waals surface area contributed by atoms with Crippen LogP contribution >= 0.6 is 11.8 Å². The molecule has 0 saturated heterocycles. The van der Waals surface area contributed by atoms with Gasteiger partial charge in [-0.2, -0.15) is 0 Å². The monoisotopic (exact) mass is 471 g/mol. The Hall–Kier alpha value is -3.31. The topological polar surface area (TPSA) is 59.4 Å². The number of hydrogen-bond acceptors (Lipinski definition) is 4. The van der Waals surface area contributed by atoms with Crippen LogP contribution < -0.4 is 4.74 Å².